The van der Waals surface area contributed by atoms with Crippen LogP contribution in [0.15, 0.2) is 0 Å². The van der Waals surface area contributed by atoms with Crippen LogP contribution in [0.3, 0.4) is 0 Å². The first-order valence-corrected chi connectivity index (χ1v) is 3.82. The first-order valence-electron chi connectivity index (χ1n) is 3.82. The van der Waals surface area contributed by atoms with Gasteiger partial charge in [0.15, 0.2) is 0 Å². The Hall–Kier alpha value is -1.27. The van der Waals surface area contributed by atoms with Crippen molar-refractivity contribution < 1.29 is 27.9 Å². The molecule has 82 valence electrons. The van der Waals surface area contributed by atoms with Crippen LogP contribution in [0, 0.1) is 0 Å². The van der Waals surface area contributed by atoms with Crippen molar-refractivity contribution >= 4 is 11.9 Å². The van der Waals surface area contributed by atoms with E-state index in [0.29, 0.717) is 0 Å². The Labute approximate surface area is 78.3 Å². The van der Waals surface area contributed by atoms with Crippen molar-refractivity contribution in [2.75, 3.05) is 13.1 Å². The minimum absolute atomic E-state index is 0.149. The van der Waals surface area contributed by atoms with E-state index in [4.69, 9.17) is 5.11 Å². The van der Waals surface area contributed by atoms with Crippen LogP contribution in [0.1, 0.15) is 13.3 Å². The van der Waals surface area contributed by atoms with Crippen molar-refractivity contribution in [1.82, 2.24) is 4.90 Å². The zero-order valence-electron chi connectivity index (χ0n) is 7.47. The number of rotatable bonds is 4. The number of amides is 1. The summed E-state index contributed by atoms with van der Waals surface area (Å²) in [6.07, 6.45) is -4.72. The summed E-state index contributed by atoms with van der Waals surface area (Å²) in [6.45, 7) is -1.08. The average molecular weight is 213 g/mol. The van der Waals surface area contributed by atoms with Crippen LogP contribution < -0.4 is 0 Å². The molecule has 1 amide bonds. The van der Waals surface area contributed by atoms with Crippen LogP contribution in [0.2, 0.25) is 0 Å². The van der Waals surface area contributed by atoms with Gasteiger partial charge in [0.05, 0.1) is 0 Å². The summed E-state index contributed by atoms with van der Waals surface area (Å²) in [5, 5.41) is 8.26. The number of halogens is 3. The molecule has 0 aliphatic carbocycles. The van der Waals surface area contributed by atoms with Gasteiger partial charge in [-0.05, 0) is 0 Å². The van der Waals surface area contributed by atoms with Crippen molar-refractivity contribution in [2.24, 2.45) is 0 Å². The molecule has 0 aliphatic heterocycles. The normalized spacial score (nSPS) is 11.1. The number of nitrogens with zero attached hydrogens (tertiary/aromatic N) is 1. The van der Waals surface area contributed by atoms with E-state index in [-0.39, 0.29) is 11.3 Å². The number of hydrogen-bond acceptors (Lipinski definition) is 2. The maximum Gasteiger partial charge on any atom is 0.406 e. The fourth-order valence-electron chi connectivity index (χ4n) is 0.836. The number of carbonyl (C=O) groups is 2. The van der Waals surface area contributed by atoms with E-state index in [0.717, 1.165) is 0 Å². The molecule has 0 unspecified atom stereocenters. The molecule has 0 aromatic carbocycles. The zero-order chi connectivity index (χ0) is 11.4. The Kier molecular flexibility index (Phi) is 4.39. The zero-order valence-corrected chi connectivity index (χ0v) is 7.47. The fraction of sp³-hybridized carbons (Fsp3) is 0.714. The molecule has 0 saturated heterocycles. The second-order valence-corrected chi connectivity index (χ2v) is 2.61. The molecule has 0 aliphatic rings. The lowest BCUT2D eigenvalue weighted by molar-refractivity contribution is -0.165. The van der Waals surface area contributed by atoms with Crippen molar-refractivity contribution in [3.05, 3.63) is 0 Å². The summed E-state index contributed by atoms with van der Waals surface area (Å²) in [4.78, 5) is 21.3. The molecule has 4 nitrogen and oxygen atoms in total. The van der Waals surface area contributed by atoms with Crippen molar-refractivity contribution in [1.29, 1.82) is 0 Å². The molecule has 14 heavy (non-hydrogen) atoms. The molecule has 1 N–H and O–H groups in total. The predicted octanol–water partition coefficient (Wildman–Crippen LogP) is 0.872. The fourth-order valence-corrected chi connectivity index (χ4v) is 0.836. The monoisotopic (exact) mass is 213 g/mol. The highest BCUT2D eigenvalue weighted by Gasteiger charge is 2.33. The summed E-state index contributed by atoms with van der Waals surface area (Å²) in [5.74, 6) is -2.29. The third-order valence-electron chi connectivity index (χ3n) is 1.35. The summed E-state index contributed by atoms with van der Waals surface area (Å²) in [5.41, 5.74) is 0. The molecular formula is C7H10F3NO3. The van der Waals surface area contributed by atoms with Gasteiger partial charge >= 0.3 is 12.1 Å². The third kappa shape index (κ3) is 5.39. The first-order chi connectivity index (χ1) is 6.26. The Balaban J connectivity index is 4.40. The third-order valence-corrected chi connectivity index (χ3v) is 1.35. The Morgan fingerprint density at radius 3 is 2.14 bits per heavy atom. The molecule has 0 atom stereocenters. The predicted molar refractivity (Wildman–Crippen MR) is 40.6 cm³/mol. The number of carbonyl (C=O) groups excluding carboxylic acids is 1. The molecule has 0 saturated carbocycles. The van der Waals surface area contributed by atoms with Gasteiger partial charge in [-0.15, -0.1) is 0 Å². The Morgan fingerprint density at radius 1 is 1.36 bits per heavy atom. The molecule has 0 aromatic rings. The van der Waals surface area contributed by atoms with E-state index in [1.54, 1.807) is 0 Å². The Bertz CT molecular complexity index is 227. The van der Waals surface area contributed by atoms with Crippen LogP contribution in [-0.2, 0) is 9.59 Å². The molecule has 0 heterocycles. The lowest BCUT2D eigenvalue weighted by Gasteiger charge is -2.21. The second-order valence-electron chi connectivity index (χ2n) is 2.61. The summed E-state index contributed by atoms with van der Waals surface area (Å²) >= 11 is 0. The van der Waals surface area contributed by atoms with E-state index >= 15 is 0 Å². The highest BCUT2D eigenvalue weighted by molar-refractivity contribution is 5.81. The van der Waals surface area contributed by atoms with Crippen LogP contribution in [0.5, 0.6) is 0 Å². The number of alkyl halides is 3. The minimum Gasteiger partial charge on any atom is -0.480 e. The van der Waals surface area contributed by atoms with Crippen molar-refractivity contribution in [2.45, 2.75) is 19.5 Å². The molecule has 0 bridgehead atoms. The lowest BCUT2D eigenvalue weighted by Crippen LogP contribution is -2.41. The van der Waals surface area contributed by atoms with E-state index < -0.39 is 31.1 Å². The van der Waals surface area contributed by atoms with Crippen LogP contribution in [0.4, 0.5) is 13.2 Å². The Morgan fingerprint density at radius 2 is 1.86 bits per heavy atom. The number of carboxylic acids is 1. The maximum absolute atomic E-state index is 11.9. The molecule has 0 fully saturated rings. The molecule has 0 rings (SSSR count). The SMILES string of the molecule is CCC(=O)N(CC(=O)O)CC(F)(F)F. The number of carboxylic acid groups (broad SMARTS) is 1. The van der Waals surface area contributed by atoms with E-state index in [1.807, 2.05) is 0 Å². The standard InChI is InChI=1S/C7H10F3NO3/c1-2-5(12)11(3-6(13)14)4-7(8,9)10/h2-4H2,1H3,(H,13,14). The number of aliphatic carboxylic acids is 1. The van der Waals surface area contributed by atoms with Gasteiger partial charge in [0.2, 0.25) is 5.91 Å². The highest BCUT2D eigenvalue weighted by atomic mass is 19.4. The van der Waals surface area contributed by atoms with E-state index in [2.05, 4.69) is 0 Å². The van der Waals surface area contributed by atoms with Gasteiger partial charge in [0, 0.05) is 6.42 Å². The average Bonchev–Trinajstić information content (AvgIpc) is 1.98. The van der Waals surface area contributed by atoms with Crippen LogP contribution >= 0.6 is 0 Å². The van der Waals surface area contributed by atoms with Crippen molar-refractivity contribution in [3.63, 3.8) is 0 Å². The van der Waals surface area contributed by atoms with Crippen LogP contribution in [-0.4, -0.2) is 41.1 Å². The summed E-state index contributed by atoms with van der Waals surface area (Å²) in [7, 11) is 0. The van der Waals surface area contributed by atoms with Gasteiger partial charge in [-0.2, -0.15) is 13.2 Å². The van der Waals surface area contributed by atoms with Gasteiger partial charge in [-0.25, -0.2) is 0 Å². The molecule has 0 aromatic heterocycles. The summed E-state index contributed by atoms with van der Waals surface area (Å²) in [6, 6.07) is 0. The van der Waals surface area contributed by atoms with Gasteiger partial charge in [-0.1, -0.05) is 6.92 Å². The number of hydrogen-bond donors (Lipinski definition) is 1. The van der Waals surface area contributed by atoms with Gasteiger partial charge in [-0.3, -0.25) is 9.59 Å². The molecule has 0 spiro atoms. The van der Waals surface area contributed by atoms with E-state index in [9.17, 15) is 22.8 Å². The molecular weight excluding hydrogens is 203 g/mol. The highest BCUT2D eigenvalue weighted by Crippen LogP contribution is 2.16. The van der Waals surface area contributed by atoms with Gasteiger partial charge in [0.25, 0.3) is 0 Å². The van der Waals surface area contributed by atoms with Crippen LogP contribution in [0.25, 0.3) is 0 Å². The van der Waals surface area contributed by atoms with Gasteiger partial charge in [0.1, 0.15) is 13.1 Å². The van der Waals surface area contributed by atoms with E-state index in [1.165, 1.54) is 6.92 Å². The molecule has 0 radical (unpaired) electrons. The largest absolute Gasteiger partial charge is 0.480 e. The smallest absolute Gasteiger partial charge is 0.406 e. The topological polar surface area (TPSA) is 57.6 Å². The minimum atomic E-state index is -4.57. The first kappa shape index (κ1) is 12.7. The summed E-state index contributed by atoms with van der Waals surface area (Å²) < 4.78 is 35.6. The second kappa shape index (κ2) is 4.83. The maximum atomic E-state index is 11.9. The lowest BCUT2D eigenvalue weighted by atomic mass is 10.3. The quantitative estimate of drug-likeness (QED) is 0.753. The van der Waals surface area contributed by atoms with Gasteiger partial charge < -0.3 is 10.0 Å². The molecule has 7 heteroatoms. The van der Waals surface area contributed by atoms with Crippen molar-refractivity contribution in [3.8, 4) is 0 Å².